The lowest BCUT2D eigenvalue weighted by molar-refractivity contribution is -0.730. The summed E-state index contributed by atoms with van der Waals surface area (Å²) in [5.74, 6) is -1.76. The van der Waals surface area contributed by atoms with E-state index in [9.17, 15) is 14.4 Å². The SMILES string of the molecule is CCCCN1C(=O)[C@H]2[C@@H](C1=O)[C@@]1([NH2+][C@@H]2C)C(=O)Nc2ccc(Cl)cc21. The second-order valence-corrected chi connectivity index (χ2v) is 7.66. The maximum Gasteiger partial charge on any atom is 0.291 e. The van der Waals surface area contributed by atoms with Crippen LogP contribution in [0.25, 0.3) is 0 Å². The Morgan fingerprint density at radius 1 is 1.28 bits per heavy atom. The molecule has 2 fully saturated rings. The minimum absolute atomic E-state index is 0.146. The minimum Gasteiger partial charge on any atom is -0.326 e. The zero-order valence-corrected chi connectivity index (χ0v) is 15.0. The van der Waals surface area contributed by atoms with E-state index >= 15 is 0 Å². The van der Waals surface area contributed by atoms with E-state index in [1.165, 1.54) is 4.90 Å². The molecule has 1 aromatic rings. The van der Waals surface area contributed by atoms with Gasteiger partial charge in [-0.2, -0.15) is 0 Å². The quantitative estimate of drug-likeness (QED) is 0.782. The van der Waals surface area contributed by atoms with Gasteiger partial charge >= 0.3 is 0 Å². The number of amides is 3. The van der Waals surface area contributed by atoms with E-state index in [2.05, 4.69) is 5.32 Å². The van der Waals surface area contributed by atoms with Crippen LogP contribution in [-0.4, -0.2) is 35.2 Å². The molecule has 4 atom stereocenters. The first-order valence-electron chi connectivity index (χ1n) is 8.74. The highest BCUT2D eigenvalue weighted by molar-refractivity contribution is 6.31. The number of fused-ring (bicyclic) bond motifs is 4. The van der Waals surface area contributed by atoms with Gasteiger partial charge in [0.15, 0.2) is 0 Å². The van der Waals surface area contributed by atoms with Gasteiger partial charge in [-0.1, -0.05) is 24.9 Å². The summed E-state index contributed by atoms with van der Waals surface area (Å²) in [7, 11) is 0. The number of nitrogens with one attached hydrogen (secondary N) is 1. The molecule has 0 aromatic heterocycles. The molecule has 2 saturated heterocycles. The van der Waals surface area contributed by atoms with Crippen LogP contribution in [0.15, 0.2) is 18.2 Å². The van der Waals surface area contributed by atoms with Crippen molar-refractivity contribution in [1.29, 1.82) is 0 Å². The van der Waals surface area contributed by atoms with E-state index in [1.807, 2.05) is 19.2 Å². The number of likely N-dealkylation sites (tertiary alicyclic amines) is 1. The lowest BCUT2D eigenvalue weighted by Gasteiger charge is -2.25. The van der Waals surface area contributed by atoms with Gasteiger partial charge in [0.2, 0.25) is 17.4 Å². The van der Waals surface area contributed by atoms with Crippen molar-refractivity contribution in [2.45, 2.75) is 38.3 Å². The summed E-state index contributed by atoms with van der Waals surface area (Å²) >= 11 is 6.16. The average Bonchev–Trinajstić information content (AvgIpc) is 3.12. The molecule has 3 aliphatic heterocycles. The number of anilines is 1. The number of rotatable bonds is 3. The van der Waals surface area contributed by atoms with Crippen molar-refractivity contribution in [2.75, 3.05) is 11.9 Å². The van der Waals surface area contributed by atoms with Gasteiger partial charge in [0.25, 0.3) is 5.91 Å². The third-order valence-corrected chi connectivity index (χ3v) is 6.05. The molecular formula is C18H21ClN3O3+. The van der Waals surface area contributed by atoms with Gasteiger partial charge in [-0.15, -0.1) is 0 Å². The Bertz CT molecular complexity index is 796. The largest absolute Gasteiger partial charge is 0.326 e. The second kappa shape index (κ2) is 5.54. The Balaban J connectivity index is 1.83. The number of nitrogens with zero attached hydrogens (tertiary/aromatic N) is 1. The topological polar surface area (TPSA) is 83.1 Å². The van der Waals surface area contributed by atoms with Crippen LogP contribution in [0.1, 0.15) is 32.3 Å². The fourth-order valence-corrected chi connectivity index (χ4v) is 4.88. The first-order chi connectivity index (χ1) is 11.9. The van der Waals surface area contributed by atoms with Crippen LogP contribution in [0.2, 0.25) is 5.02 Å². The minimum atomic E-state index is -1.10. The van der Waals surface area contributed by atoms with Gasteiger partial charge in [0.05, 0.1) is 11.7 Å². The molecule has 0 bridgehead atoms. The Morgan fingerprint density at radius 2 is 2.04 bits per heavy atom. The molecule has 0 saturated carbocycles. The van der Waals surface area contributed by atoms with E-state index in [1.54, 1.807) is 18.2 Å². The van der Waals surface area contributed by atoms with Crippen molar-refractivity contribution in [3.05, 3.63) is 28.8 Å². The maximum absolute atomic E-state index is 13.1. The van der Waals surface area contributed by atoms with Gasteiger partial charge in [-0.05, 0) is 31.5 Å². The summed E-state index contributed by atoms with van der Waals surface area (Å²) in [6.07, 6.45) is 1.68. The Labute approximate surface area is 150 Å². The number of carbonyl (C=O) groups excluding carboxylic acids is 3. The van der Waals surface area contributed by atoms with Crippen LogP contribution >= 0.6 is 11.6 Å². The van der Waals surface area contributed by atoms with Crippen molar-refractivity contribution in [3.63, 3.8) is 0 Å². The molecule has 3 aliphatic rings. The van der Waals surface area contributed by atoms with Crippen molar-refractivity contribution < 1.29 is 19.7 Å². The number of imide groups is 1. The molecule has 0 aliphatic carbocycles. The Hall–Kier alpha value is -1.92. The van der Waals surface area contributed by atoms with Crippen molar-refractivity contribution in [1.82, 2.24) is 4.90 Å². The van der Waals surface area contributed by atoms with Crippen molar-refractivity contribution in [3.8, 4) is 0 Å². The van der Waals surface area contributed by atoms with Gasteiger partial charge in [-0.25, -0.2) is 0 Å². The molecule has 132 valence electrons. The van der Waals surface area contributed by atoms with Crippen LogP contribution in [0.4, 0.5) is 5.69 Å². The lowest BCUT2D eigenvalue weighted by Crippen LogP contribution is -2.98. The molecule has 0 unspecified atom stereocenters. The standard InChI is InChI=1S/C18H20ClN3O3/c1-3-4-7-22-15(23)13-9(2)21-18(14(13)16(22)24)11-8-10(19)5-6-12(11)20-17(18)25/h5-6,8-9,13-14,21H,3-4,7H2,1-2H3,(H,20,25)/p+1/t9-,13-,14+,18-/m1/s1. The molecule has 7 heteroatoms. The predicted molar refractivity (Wildman–Crippen MR) is 91.8 cm³/mol. The molecule has 0 radical (unpaired) electrons. The highest BCUT2D eigenvalue weighted by Crippen LogP contribution is 2.49. The highest BCUT2D eigenvalue weighted by atomic mass is 35.5. The number of benzene rings is 1. The molecule has 3 N–H and O–H groups in total. The number of hydrogen-bond acceptors (Lipinski definition) is 3. The highest BCUT2D eigenvalue weighted by Gasteiger charge is 2.73. The number of hydrogen-bond donors (Lipinski definition) is 2. The van der Waals surface area contributed by atoms with Crippen molar-refractivity contribution >= 4 is 35.0 Å². The first kappa shape index (κ1) is 16.5. The summed E-state index contributed by atoms with van der Waals surface area (Å²) in [6.45, 7) is 4.36. The zero-order chi connectivity index (χ0) is 17.9. The van der Waals surface area contributed by atoms with Crippen LogP contribution in [0.3, 0.4) is 0 Å². The van der Waals surface area contributed by atoms with E-state index in [0.717, 1.165) is 12.8 Å². The van der Waals surface area contributed by atoms with Gasteiger partial charge < -0.3 is 10.6 Å². The number of carbonyl (C=O) groups is 3. The molecule has 1 spiro atoms. The smallest absolute Gasteiger partial charge is 0.291 e. The second-order valence-electron chi connectivity index (χ2n) is 7.22. The molecular weight excluding hydrogens is 342 g/mol. The van der Waals surface area contributed by atoms with E-state index in [0.29, 0.717) is 22.8 Å². The predicted octanol–water partition coefficient (Wildman–Crippen LogP) is 0.854. The van der Waals surface area contributed by atoms with E-state index < -0.39 is 17.4 Å². The zero-order valence-electron chi connectivity index (χ0n) is 14.2. The monoisotopic (exact) mass is 362 g/mol. The summed E-state index contributed by atoms with van der Waals surface area (Å²) in [4.78, 5) is 40.3. The lowest BCUT2D eigenvalue weighted by atomic mass is 9.76. The molecule has 25 heavy (non-hydrogen) atoms. The van der Waals surface area contributed by atoms with Gasteiger partial charge in [0, 0.05) is 17.1 Å². The molecule has 4 rings (SSSR count). The fraction of sp³-hybridized carbons (Fsp3) is 0.500. The molecule has 3 heterocycles. The van der Waals surface area contributed by atoms with E-state index in [4.69, 9.17) is 11.6 Å². The molecule has 3 amide bonds. The summed E-state index contributed by atoms with van der Waals surface area (Å²) in [6, 6.07) is 5.06. The third-order valence-electron chi connectivity index (χ3n) is 5.81. The molecule has 6 nitrogen and oxygen atoms in total. The number of halogens is 1. The average molecular weight is 363 g/mol. The number of unbranched alkanes of at least 4 members (excludes halogenated alkanes) is 1. The fourth-order valence-electron chi connectivity index (χ4n) is 4.71. The summed E-state index contributed by atoms with van der Waals surface area (Å²) in [5, 5.41) is 5.27. The van der Waals surface area contributed by atoms with Crippen LogP contribution in [0.5, 0.6) is 0 Å². The van der Waals surface area contributed by atoms with Gasteiger partial charge in [-0.3, -0.25) is 19.3 Å². The van der Waals surface area contributed by atoms with Crippen LogP contribution < -0.4 is 10.6 Å². The summed E-state index contributed by atoms with van der Waals surface area (Å²) < 4.78 is 0. The molecule has 1 aromatic carbocycles. The normalized spacial score (nSPS) is 33.2. The van der Waals surface area contributed by atoms with Gasteiger partial charge in [0.1, 0.15) is 11.8 Å². The van der Waals surface area contributed by atoms with Crippen LogP contribution in [0, 0.1) is 11.8 Å². The maximum atomic E-state index is 13.1. The van der Waals surface area contributed by atoms with E-state index in [-0.39, 0.29) is 23.8 Å². The Kier molecular flexibility index (Phi) is 3.67. The Morgan fingerprint density at radius 3 is 2.76 bits per heavy atom. The van der Waals surface area contributed by atoms with Crippen LogP contribution in [-0.2, 0) is 19.9 Å². The summed E-state index contributed by atoms with van der Waals surface area (Å²) in [5.41, 5.74) is 0.284. The number of nitrogens with two attached hydrogens (primary N) is 1. The number of quaternary nitrogens is 1. The van der Waals surface area contributed by atoms with Crippen molar-refractivity contribution in [2.24, 2.45) is 11.8 Å². The third kappa shape index (κ3) is 2.04. The first-order valence-corrected chi connectivity index (χ1v) is 9.12.